The second-order valence-electron chi connectivity index (χ2n) is 4.02. The summed E-state index contributed by atoms with van der Waals surface area (Å²) in [5.41, 5.74) is 1.49. The number of hydrogen-bond acceptors (Lipinski definition) is 4. The van der Waals surface area contributed by atoms with Gasteiger partial charge in [0.15, 0.2) is 0 Å². The fraction of sp³-hybridized carbons (Fsp3) is 0.125. The molecule has 2 rings (SSSR count). The van der Waals surface area contributed by atoms with Crippen molar-refractivity contribution in [3.8, 4) is 11.5 Å². The highest BCUT2D eigenvalue weighted by atomic mass is 16.5. The summed E-state index contributed by atoms with van der Waals surface area (Å²) in [6.07, 6.45) is 3.14. The van der Waals surface area contributed by atoms with Crippen molar-refractivity contribution in [3.05, 3.63) is 59.7 Å². The molecule has 0 atom stereocenters. The number of ether oxygens (including phenoxy) is 1. The molecule has 2 aromatic rings. The van der Waals surface area contributed by atoms with Crippen LogP contribution in [-0.2, 0) is 0 Å². The minimum atomic E-state index is 0.182. The van der Waals surface area contributed by atoms with Crippen LogP contribution in [0.25, 0.3) is 0 Å². The summed E-state index contributed by atoms with van der Waals surface area (Å²) >= 11 is 0. The highest BCUT2D eigenvalue weighted by molar-refractivity contribution is 5.86. The summed E-state index contributed by atoms with van der Waals surface area (Å²) in [6.45, 7) is 2.54. The third-order valence-electron chi connectivity index (χ3n) is 2.62. The van der Waals surface area contributed by atoms with Gasteiger partial charge in [0.2, 0.25) is 0 Å². The molecule has 0 heterocycles. The zero-order chi connectivity index (χ0) is 14.2. The largest absolute Gasteiger partial charge is 0.507 e. The van der Waals surface area contributed by atoms with Gasteiger partial charge < -0.3 is 9.84 Å². The molecule has 102 valence electrons. The Morgan fingerprint density at radius 2 is 1.55 bits per heavy atom. The average Bonchev–Trinajstić information content (AvgIpc) is 2.47. The summed E-state index contributed by atoms with van der Waals surface area (Å²) in [5, 5.41) is 17.5. The smallest absolute Gasteiger partial charge is 0.128 e. The first-order chi connectivity index (χ1) is 9.81. The Morgan fingerprint density at radius 1 is 0.950 bits per heavy atom. The van der Waals surface area contributed by atoms with E-state index in [4.69, 9.17) is 4.74 Å². The van der Waals surface area contributed by atoms with Crippen molar-refractivity contribution in [2.24, 2.45) is 10.2 Å². The highest BCUT2D eigenvalue weighted by Gasteiger charge is 1.98. The maximum absolute atomic E-state index is 9.58. The Labute approximate surface area is 118 Å². The van der Waals surface area contributed by atoms with Gasteiger partial charge in [0, 0.05) is 11.1 Å². The number of hydrogen-bond donors (Lipinski definition) is 1. The third kappa shape index (κ3) is 3.68. The summed E-state index contributed by atoms with van der Waals surface area (Å²) < 4.78 is 5.49. The Hall–Kier alpha value is -2.62. The second-order valence-corrected chi connectivity index (χ2v) is 4.02. The summed E-state index contributed by atoms with van der Waals surface area (Å²) in [4.78, 5) is 0. The van der Waals surface area contributed by atoms with E-state index in [1.165, 1.54) is 6.21 Å². The lowest BCUT2D eigenvalue weighted by Gasteiger charge is -2.04. The molecule has 0 saturated carbocycles. The van der Waals surface area contributed by atoms with E-state index in [1.807, 2.05) is 37.3 Å². The molecule has 0 amide bonds. The minimum absolute atomic E-state index is 0.182. The monoisotopic (exact) mass is 268 g/mol. The zero-order valence-electron chi connectivity index (χ0n) is 11.2. The minimum Gasteiger partial charge on any atom is -0.507 e. The molecule has 0 aliphatic carbocycles. The van der Waals surface area contributed by atoms with Crippen LogP contribution in [0.1, 0.15) is 18.1 Å². The standard InChI is InChI=1S/C16H16N2O2/c1-2-20-16-10-6-4-8-14(16)12-18-17-11-13-7-3-5-9-15(13)19/h3-12,19H,2H2,1H3/b17-11+,18-12?. The molecule has 0 aliphatic heterocycles. The molecule has 0 aromatic heterocycles. The number of phenols is 1. The molecule has 0 radical (unpaired) electrons. The van der Waals surface area contributed by atoms with Crippen molar-refractivity contribution in [2.75, 3.05) is 6.61 Å². The molecular weight excluding hydrogens is 252 g/mol. The normalized spacial score (nSPS) is 11.2. The van der Waals surface area contributed by atoms with E-state index in [2.05, 4.69) is 10.2 Å². The summed E-state index contributed by atoms with van der Waals surface area (Å²) in [6, 6.07) is 14.6. The van der Waals surface area contributed by atoms with Gasteiger partial charge in [-0.05, 0) is 31.2 Å². The van der Waals surface area contributed by atoms with Crippen molar-refractivity contribution in [3.63, 3.8) is 0 Å². The van der Waals surface area contributed by atoms with Gasteiger partial charge in [-0.1, -0.05) is 24.3 Å². The molecular formula is C16H16N2O2. The fourth-order valence-corrected chi connectivity index (χ4v) is 1.66. The topological polar surface area (TPSA) is 54.2 Å². The molecule has 2 aromatic carbocycles. The number of aromatic hydroxyl groups is 1. The fourth-order valence-electron chi connectivity index (χ4n) is 1.66. The quantitative estimate of drug-likeness (QED) is 0.668. The van der Waals surface area contributed by atoms with E-state index in [0.717, 1.165) is 11.3 Å². The van der Waals surface area contributed by atoms with Crippen LogP contribution >= 0.6 is 0 Å². The van der Waals surface area contributed by atoms with Gasteiger partial charge >= 0.3 is 0 Å². The number of rotatable bonds is 5. The summed E-state index contributed by atoms with van der Waals surface area (Å²) in [5.74, 6) is 0.956. The van der Waals surface area contributed by atoms with Crippen LogP contribution in [0.3, 0.4) is 0 Å². The Balaban J connectivity index is 2.09. The van der Waals surface area contributed by atoms with E-state index in [1.54, 1.807) is 24.4 Å². The van der Waals surface area contributed by atoms with Gasteiger partial charge in [-0.25, -0.2) is 0 Å². The molecule has 0 fully saturated rings. The number of para-hydroxylation sites is 2. The molecule has 4 heteroatoms. The maximum atomic E-state index is 9.58. The first-order valence-corrected chi connectivity index (χ1v) is 6.37. The SMILES string of the molecule is CCOc1ccccc1C=N/N=C/c1ccccc1O. The van der Waals surface area contributed by atoms with Crippen LogP contribution in [-0.4, -0.2) is 24.1 Å². The molecule has 0 bridgehead atoms. The molecule has 1 N–H and O–H groups in total. The Morgan fingerprint density at radius 3 is 2.25 bits per heavy atom. The van der Waals surface area contributed by atoms with Crippen LogP contribution in [0.15, 0.2) is 58.7 Å². The number of benzene rings is 2. The van der Waals surface area contributed by atoms with Gasteiger partial charge in [0.05, 0.1) is 19.0 Å². The number of phenolic OH excluding ortho intramolecular Hbond substituents is 1. The molecule has 0 unspecified atom stereocenters. The van der Waals surface area contributed by atoms with Crippen LogP contribution in [0.4, 0.5) is 0 Å². The lowest BCUT2D eigenvalue weighted by molar-refractivity contribution is 0.340. The second kappa shape index (κ2) is 7.09. The Bertz CT molecular complexity index is 621. The van der Waals surface area contributed by atoms with Crippen LogP contribution in [0.5, 0.6) is 11.5 Å². The van der Waals surface area contributed by atoms with Gasteiger partial charge in [0.25, 0.3) is 0 Å². The first-order valence-electron chi connectivity index (χ1n) is 6.37. The highest BCUT2D eigenvalue weighted by Crippen LogP contribution is 2.16. The van der Waals surface area contributed by atoms with Crippen molar-refractivity contribution >= 4 is 12.4 Å². The molecule has 4 nitrogen and oxygen atoms in total. The average molecular weight is 268 g/mol. The van der Waals surface area contributed by atoms with E-state index >= 15 is 0 Å². The zero-order valence-corrected chi connectivity index (χ0v) is 11.2. The van der Waals surface area contributed by atoms with Crippen molar-refractivity contribution in [2.45, 2.75) is 6.92 Å². The molecule has 0 spiro atoms. The van der Waals surface area contributed by atoms with E-state index in [0.29, 0.717) is 12.2 Å². The Kier molecular flexibility index (Phi) is 4.89. The summed E-state index contributed by atoms with van der Waals surface area (Å²) in [7, 11) is 0. The van der Waals surface area contributed by atoms with Gasteiger partial charge in [-0.3, -0.25) is 0 Å². The third-order valence-corrected chi connectivity index (χ3v) is 2.62. The van der Waals surface area contributed by atoms with Gasteiger partial charge in [0.1, 0.15) is 11.5 Å². The van der Waals surface area contributed by atoms with Crippen molar-refractivity contribution < 1.29 is 9.84 Å². The maximum Gasteiger partial charge on any atom is 0.128 e. The predicted molar refractivity (Wildman–Crippen MR) is 80.9 cm³/mol. The van der Waals surface area contributed by atoms with E-state index in [9.17, 15) is 5.11 Å². The molecule has 20 heavy (non-hydrogen) atoms. The van der Waals surface area contributed by atoms with Crippen LogP contribution in [0.2, 0.25) is 0 Å². The molecule has 0 saturated heterocycles. The predicted octanol–water partition coefficient (Wildman–Crippen LogP) is 3.24. The van der Waals surface area contributed by atoms with E-state index < -0.39 is 0 Å². The van der Waals surface area contributed by atoms with Crippen LogP contribution < -0.4 is 4.74 Å². The first kappa shape index (κ1) is 13.8. The van der Waals surface area contributed by atoms with Gasteiger partial charge in [-0.2, -0.15) is 10.2 Å². The number of nitrogens with zero attached hydrogens (tertiary/aromatic N) is 2. The van der Waals surface area contributed by atoms with Gasteiger partial charge in [-0.15, -0.1) is 0 Å². The lowest BCUT2D eigenvalue weighted by atomic mass is 10.2. The van der Waals surface area contributed by atoms with Crippen molar-refractivity contribution in [1.82, 2.24) is 0 Å². The van der Waals surface area contributed by atoms with Crippen LogP contribution in [0, 0.1) is 0 Å². The van der Waals surface area contributed by atoms with E-state index in [-0.39, 0.29) is 5.75 Å². The van der Waals surface area contributed by atoms with Crippen molar-refractivity contribution in [1.29, 1.82) is 0 Å². The lowest BCUT2D eigenvalue weighted by Crippen LogP contribution is -1.95. The molecule has 0 aliphatic rings.